The normalized spacial score (nSPS) is 14.2. The van der Waals surface area contributed by atoms with Gasteiger partial charge in [0, 0.05) is 11.5 Å². The van der Waals surface area contributed by atoms with E-state index in [4.69, 9.17) is 27.7 Å². The Kier molecular flexibility index (Phi) is 6.50. The van der Waals surface area contributed by atoms with Gasteiger partial charge in [0.15, 0.2) is 16.6 Å². The maximum atomic E-state index is 13.6. The van der Waals surface area contributed by atoms with Gasteiger partial charge in [-0.2, -0.15) is 26.3 Å². The van der Waals surface area contributed by atoms with Gasteiger partial charge in [-0.25, -0.2) is 4.68 Å². The Hall–Kier alpha value is -3.38. The number of halogens is 8. The number of nitrogens with zero attached hydrogens (tertiary/aromatic N) is 4. The predicted molar refractivity (Wildman–Crippen MR) is 123 cm³/mol. The van der Waals surface area contributed by atoms with Gasteiger partial charge in [-0.1, -0.05) is 45.7 Å². The zero-order valence-corrected chi connectivity index (χ0v) is 20.4. The van der Waals surface area contributed by atoms with Crippen molar-refractivity contribution < 1.29 is 35.7 Å². The van der Waals surface area contributed by atoms with Gasteiger partial charge in [-0.15, -0.1) is 5.10 Å². The molecule has 2 aromatic carbocycles. The molecule has 0 bridgehead atoms. The SMILES string of the molecule is O=C(c1nnn(Cc2cc(C(F)(F)F)cc(C(F)(F)F)c2)c1Cl)c1c(C2CC2)noc1-c1ccccc1Cl. The molecule has 0 amide bonds. The molecule has 38 heavy (non-hydrogen) atoms. The Morgan fingerprint density at radius 2 is 1.63 bits per heavy atom. The summed E-state index contributed by atoms with van der Waals surface area (Å²) in [5.74, 6) is -0.672. The first-order chi connectivity index (χ1) is 17.8. The average molecular weight is 575 g/mol. The largest absolute Gasteiger partial charge is 0.416 e. The van der Waals surface area contributed by atoms with Crippen molar-refractivity contribution >= 4 is 29.0 Å². The standard InChI is InChI=1S/C24H14Cl2F6N4O2/c25-16-4-2-1-3-15(16)21-17(18(34-38-21)12-5-6-12)20(37)19-22(26)36(35-33-19)10-11-7-13(23(27,28)29)9-14(8-11)24(30,31)32/h1-4,7-9,12H,5-6,10H2. The number of alkyl halides is 6. The molecule has 1 aliphatic carbocycles. The highest BCUT2D eigenvalue weighted by molar-refractivity contribution is 6.35. The zero-order chi connectivity index (χ0) is 27.4. The van der Waals surface area contributed by atoms with E-state index in [1.54, 1.807) is 24.3 Å². The number of aromatic nitrogens is 4. The fourth-order valence-electron chi connectivity index (χ4n) is 3.93. The summed E-state index contributed by atoms with van der Waals surface area (Å²) in [5.41, 5.74) is -2.90. The van der Waals surface area contributed by atoms with Crippen LogP contribution in [0.2, 0.25) is 10.2 Å². The summed E-state index contributed by atoms with van der Waals surface area (Å²) in [5, 5.41) is 11.4. The summed E-state index contributed by atoms with van der Waals surface area (Å²) in [6.45, 7) is -0.609. The molecule has 14 heteroatoms. The van der Waals surface area contributed by atoms with Crippen LogP contribution >= 0.6 is 23.2 Å². The zero-order valence-electron chi connectivity index (χ0n) is 18.9. The molecule has 0 N–H and O–H groups in total. The fourth-order valence-corrected chi connectivity index (χ4v) is 4.37. The highest BCUT2D eigenvalue weighted by Crippen LogP contribution is 2.45. The van der Waals surface area contributed by atoms with Crippen LogP contribution in [0.1, 0.15) is 57.2 Å². The summed E-state index contributed by atoms with van der Waals surface area (Å²) in [6, 6.07) is 7.71. The molecule has 0 unspecified atom stereocenters. The van der Waals surface area contributed by atoms with Gasteiger partial charge in [-0.05, 0) is 48.7 Å². The van der Waals surface area contributed by atoms with Crippen LogP contribution in [0.3, 0.4) is 0 Å². The van der Waals surface area contributed by atoms with Crippen molar-refractivity contribution in [2.45, 2.75) is 37.7 Å². The third-order valence-electron chi connectivity index (χ3n) is 5.90. The van der Waals surface area contributed by atoms with Crippen molar-refractivity contribution in [1.82, 2.24) is 20.2 Å². The van der Waals surface area contributed by atoms with Gasteiger partial charge < -0.3 is 4.52 Å². The van der Waals surface area contributed by atoms with Gasteiger partial charge in [0.2, 0.25) is 5.78 Å². The van der Waals surface area contributed by atoms with Gasteiger partial charge in [0.25, 0.3) is 0 Å². The molecule has 4 aromatic rings. The molecule has 0 saturated heterocycles. The molecule has 0 radical (unpaired) electrons. The Morgan fingerprint density at radius 3 is 2.21 bits per heavy atom. The summed E-state index contributed by atoms with van der Waals surface area (Å²) < 4.78 is 85.7. The maximum Gasteiger partial charge on any atom is 0.416 e. The van der Waals surface area contributed by atoms with Crippen LogP contribution in [-0.2, 0) is 18.9 Å². The van der Waals surface area contributed by atoms with Gasteiger partial charge >= 0.3 is 12.4 Å². The minimum Gasteiger partial charge on any atom is -0.355 e. The topological polar surface area (TPSA) is 73.8 Å². The van der Waals surface area contributed by atoms with Crippen molar-refractivity contribution in [3.05, 3.63) is 86.3 Å². The second-order valence-corrected chi connectivity index (χ2v) is 9.42. The smallest absolute Gasteiger partial charge is 0.355 e. The van der Waals surface area contributed by atoms with Crippen LogP contribution in [-0.4, -0.2) is 25.9 Å². The Labute approximate surface area is 220 Å². The minimum atomic E-state index is -5.02. The molecule has 2 heterocycles. The van der Waals surface area contributed by atoms with Crippen LogP contribution in [0.25, 0.3) is 11.3 Å². The van der Waals surface area contributed by atoms with Crippen molar-refractivity contribution in [3.8, 4) is 11.3 Å². The predicted octanol–water partition coefficient (Wildman–Crippen LogP) is 7.43. The van der Waals surface area contributed by atoms with E-state index in [0.29, 0.717) is 28.4 Å². The molecule has 0 aliphatic heterocycles. The van der Waals surface area contributed by atoms with E-state index in [-0.39, 0.29) is 34.2 Å². The first kappa shape index (κ1) is 26.2. The molecule has 5 rings (SSSR count). The van der Waals surface area contributed by atoms with Gasteiger partial charge in [0.1, 0.15) is 0 Å². The number of hydrogen-bond acceptors (Lipinski definition) is 5. The summed E-state index contributed by atoms with van der Waals surface area (Å²) in [6.07, 6.45) is -8.50. The van der Waals surface area contributed by atoms with Crippen molar-refractivity contribution in [3.63, 3.8) is 0 Å². The minimum absolute atomic E-state index is 0.0168. The van der Waals surface area contributed by atoms with Crippen molar-refractivity contribution in [2.75, 3.05) is 0 Å². The van der Waals surface area contributed by atoms with E-state index in [9.17, 15) is 31.1 Å². The third kappa shape index (κ3) is 5.02. The number of carbonyl (C=O) groups is 1. The van der Waals surface area contributed by atoms with Crippen LogP contribution in [0.4, 0.5) is 26.3 Å². The highest BCUT2D eigenvalue weighted by Gasteiger charge is 2.38. The van der Waals surface area contributed by atoms with E-state index in [0.717, 1.165) is 17.5 Å². The quantitative estimate of drug-likeness (QED) is 0.177. The molecular weight excluding hydrogens is 561 g/mol. The van der Waals surface area contributed by atoms with E-state index in [1.165, 1.54) is 0 Å². The van der Waals surface area contributed by atoms with E-state index in [1.807, 2.05) is 0 Å². The molecule has 1 fully saturated rings. The molecular formula is C24H14Cl2F6N4O2. The Morgan fingerprint density at radius 1 is 1.00 bits per heavy atom. The molecule has 0 spiro atoms. The maximum absolute atomic E-state index is 13.6. The van der Waals surface area contributed by atoms with Crippen LogP contribution in [0.5, 0.6) is 0 Å². The number of rotatable bonds is 6. The van der Waals surface area contributed by atoms with Crippen LogP contribution in [0.15, 0.2) is 47.0 Å². The third-order valence-corrected chi connectivity index (χ3v) is 6.60. The van der Waals surface area contributed by atoms with E-state index >= 15 is 0 Å². The Balaban J connectivity index is 1.53. The summed E-state index contributed by atoms with van der Waals surface area (Å²) >= 11 is 12.6. The number of benzene rings is 2. The Bertz CT molecular complexity index is 1510. The van der Waals surface area contributed by atoms with Crippen molar-refractivity contribution in [2.24, 2.45) is 0 Å². The highest BCUT2D eigenvalue weighted by atomic mass is 35.5. The average Bonchev–Trinajstić information content (AvgIpc) is 3.50. The lowest BCUT2D eigenvalue weighted by atomic mass is 9.99. The van der Waals surface area contributed by atoms with Gasteiger partial charge in [0.05, 0.1) is 34.0 Å². The number of carbonyl (C=O) groups excluding carboxylic acids is 1. The molecule has 198 valence electrons. The van der Waals surface area contributed by atoms with Gasteiger partial charge in [-0.3, -0.25) is 4.79 Å². The lowest BCUT2D eigenvalue weighted by Gasteiger charge is -2.14. The molecule has 1 aliphatic rings. The monoisotopic (exact) mass is 574 g/mol. The second kappa shape index (κ2) is 9.42. The van der Waals surface area contributed by atoms with E-state index < -0.39 is 41.4 Å². The summed E-state index contributed by atoms with van der Waals surface area (Å²) in [4.78, 5) is 13.6. The number of hydrogen-bond donors (Lipinski definition) is 0. The first-order valence-corrected chi connectivity index (χ1v) is 11.8. The lowest BCUT2D eigenvalue weighted by Crippen LogP contribution is -2.13. The first-order valence-electron chi connectivity index (χ1n) is 11.0. The fraction of sp³-hybridized carbons (Fsp3) is 0.250. The second-order valence-electron chi connectivity index (χ2n) is 8.66. The molecule has 1 saturated carbocycles. The molecule has 2 aromatic heterocycles. The molecule has 0 atom stereocenters. The van der Waals surface area contributed by atoms with Crippen LogP contribution < -0.4 is 0 Å². The lowest BCUT2D eigenvalue weighted by molar-refractivity contribution is -0.143. The van der Waals surface area contributed by atoms with E-state index in [2.05, 4.69) is 15.5 Å². The van der Waals surface area contributed by atoms with Crippen molar-refractivity contribution in [1.29, 1.82) is 0 Å². The summed E-state index contributed by atoms with van der Waals surface area (Å²) in [7, 11) is 0. The van der Waals surface area contributed by atoms with Crippen LogP contribution in [0, 0.1) is 0 Å². The molecule has 6 nitrogen and oxygen atoms in total. The number of ketones is 1.